The summed E-state index contributed by atoms with van der Waals surface area (Å²) in [5, 5.41) is 7.64. The smallest absolute Gasteiger partial charge is 0.263 e. The first-order valence-corrected chi connectivity index (χ1v) is 4.05. The van der Waals surface area contributed by atoms with E-state index in [1.54, 1.807) is 0 Å². The van der Waals surface area contributed by atoms with Crippen molar-refractivity contribution >= 4 is 16.9 Å². The minimum Gasteiger partial charge on any atom is -0.268 e. The maximum absolute atomic E-state index is 11.0. The number of carbonyl (C=O) groups is 1. The molecular weight excluding hydrogens is 180 g/mol. The fourth-order valence-corrected chi connectivity index (χ4v) is 1.10. The maximum Gasteiger partial charge on any atom is 0.263 e. The highest BCUT2D eigenvalue weighted by Crippen LogP contribution is 2.07. The Hall–Kier alpha value is -2.17. The number of aromatic nitrogens is 3. The summed E-state index contributed by atoms with van der Waals surface area (Å²) in [6, 6.07) is 7.34. The second kappa shape index (κ2) is 3.29. The van der Waals surface area contributed by atoms with Gasteiger partial charge >= 0.3 is 0 Å². The third-order valence-corrected chi connectivity index (χ3v) is 1.75. The molecule has 1 aromatic heterocycles. The van der Waals surface area contributed by atoms with Gasteiger partial charge in [-0.3, -0.25) is 4.79 Å². The Kier molecular flexibility index (Phi) is 1.98. The van der Waals surface area contributed by atoms with Crippen molar-refractivity contribution in [1.82, 2.24) is 15.1 Å². The fourth-order valence-electron chi connectivity index (χ4n) is 1.10. The van der Waals surface area contributed by atoms with Gasteiger partial charge in [-0.1, -0.05) is 18.7 Å². The normalized spacial score (nSPS) is 10.0. The van der Waals surface area contributed by atoms with Crippen LogP contribution in [0.25, 0.3) is 11.0 Å². The lowest BCUT2D eigenvalue weighted by atomic mass is 10.3. The van der Waals surface area contributed by atoms with Gasteiger partial charge < -0.3 is 0 Å². The van der Waals surface area contributed by atoms with Gasteiger partial charge in [-0.25, -0.2) is 5.43 Å². The van der Waals surface area contributed by atoms with Gasteiger partial charge in [0.05, 0.1) is 0 Å². The van der Waals surface area contributed by atoms with Gasteiger partial charge in [0.1, 0.15) is 11.0 Å². The molecule has 0 aliphatic rings. The van der Waals surface area contributed by atoms with Crippen molar-refractivity contribution in [1.29, 1.82) is 0 Å². The van der Waals surface area contributed by atoms with Gasteiger partial charge in [0.2, 0.25) is 0 Å². The lowest BCUT2D eigenvalue weighted by Crippen LogP contribution is -2.21. The highest BCUT2D eigenvalue weighted by molar-refractivity contribution is 5.94. The predicted octanol–water partition coefficient (Wildman–Crippen LogP) is 0.687. The molecule has 0 aliphatic heterocycles. The zero-order chi connectivity index (χ0) is 9.97. The average Bonchev–Trinajstić information content (AvgIpc) is 2.62. The van der Waals surface area contributed by atoms with Crippen LogP contribution < -0.4 is 5.43 Å². The van der Waals surface area contributed by atoms with Crippen LogP contribution in [-0.2, 0) is 4.79 Å². The Bertz CT molecular complexity index is 488. The second-order valence-electron chi connectivity index (χ2n) is 2.67. The number of para-hydroxylation sites is 1. The average molecular weight is 188 g/mol. The van der Waals surface area contributed by atoms with Crippen LogP contribution in [0.15, 0.2) is 36.9 Å². The van der Waals surface area contributed by atoms with Crippen molar-refractivity contribution in [2.45, 2.75) is 0 Å². The molecule has 0 saturated heterocycles. The second-order valence-corrected chi connectivity index (χ2v) is 2.67. The van der Waals surface area contributed by atoms with Crippen LogP contribution in [-0.4, -0.2) is 21.0 Å². The molecule has 70 valence electrons. The Morgan fingerprint density at radius 1 is 1.50 bits per heavy atom. The zero-order valence-corrected chi connectivity index (χ0v) is 7.34. The summed E-state index contributed by atoms with van der Waals surface area (Å²) < 4.78 is 0. The Balaban J connectivity index is 2.43. The van der Waals surface area contributed by atoms with Crippen LogP contribution in [0.3, 0.4) is 0 Å². The number of fused-ring (bicyclic) bond motifs is 1. The molecular formula is C9H8N4O. The summed E-state index contributed by atoms with van der Waals surface area (Å²) in [5.74, 6) is -0.319. The van der Waals surface area contributed by atoms with Crippen LogP contribution in [0.1, 0.15) is 0 Å². The van der Waals surface area contributed by atoms with E-state index in [0.717, 1.165) is 11.0 Å². The standard InChI is InChI=1S/C9H8N4O/c1-2-9(14)11-13-8-6-4-3-5-7(8)10-12-13/h2-6H,1H2,(H,11,14). The lowest BCUT2D eigenvalue weighted by molar-refractivity contribution is -0.112. The minimum atomic E-state index is -0.319. The highest BCUT2D eigenvalue weighted by atomic mass is 16.2. The van der Waals surface area contributed by atoms with Crippen molar-refractivity contribution in [2.24, 2.45) is 0 Å². The Morgan fingerprint density at radius 3 is 3.07 bits per heavy atom. The summed E-state index contributed by atoms with van der Waals surface area (Å²) in [6.07, 6.45) is 1.18. The van der Waals surface area contributed by atoms with Crippen molar-refractivity contribution < 1.29 is 4.79 Å². The van der Waals surface area contributed by atoms with Gasteiger partial charge in [0.25, 0.3) is 5.91 Å². The first-order valence-electron chi connectivity index (χ1n) is 4.05. The number of carbonyl (C=O) groups excluding carboxylic acids is 1. The molecule has 2 aromatic rings. The summed E-state index contributed by atoms with van der Waals surface area (Å²) >= 11 is 0. The number of amides is 1. The van der Waals surface area contributed by atoms with Crippen LogP contribution >= 0.6 is 0 Å². The summed E-state index contributed by atoms with van der Waals surface area (Å²) in [5.41, 5.74) is 3.99. The summed E-state index contributed by atoms with van der Waals surface area (Å²) in [6.45, 7) is 3.35. The SMILES string of the molecule is C=CC(=O)Nn1nnc2ccccc21. The van der Waals surface area contributed by atoms with Crippen molar-refractivity contribution in [3.63, 3.8) is 0 Å². The molecule has 1 N–H and O–H groups in total. The summed E-state index contributed by atoms with van der Waals surface area (Å²) in [4.78, 5) is 12.3. The van der Waals surface area contributed by atoms with E-state index in [4.69, 9.17) is 0 Å². The molecule has 0 fully saturated rings. The topological polar surface area (TPSA) is 59.8 Å². The molecule has 0 aliphatic carbocycles. The van der Waals surface area contributed by atoms with E-state index >= 15 is 0 Å². The molecule has 0 unspecified atom stereocenters. The van der Waals surface area contributed by atoms with Gasteiger partial charge in [0, 0.05) is 0 Å². The van der Waals surface area contributed by atoms with E-state index in [-0.39, 0.29) is 5.91 Å². The minimum absolute atomic E-state index is 0.319. The molecule has 1 heterocycles. The third-order valence-electron chi connectivity index (χ3n) is 1.75. The highest BCUT2D eigenvalue weighted by Gasteiger charge is 2.03. The molecule has 1 aromatic carbocycles. The molecule has 0 radical (unpaired) electrons. The number of hydrogen-bond donors (Lipinski definition) is 1. The van der Waals surface area contributed by atoms with E-state index in [9.17, 15) is 4.79 Å². The monoisotopic (exact) mass is 188 g/mol. The van der Waals surface area contributed by atoms with E-state index in [1.807, 2.05) is 24.3 Å². The predicted molar refractivity (Wildman–Crippen MR) is 52.1 cm³/mol. The number of rotatable bonds is 2. The van der Waals surface area contributed by atoms with E-state index < -0.39 is 0 Å². The molecule has 5 heteroatoms. The van der Waals surface area contributed by atoms with Crippen LogP contribution in [0.5, 0.6) is 0 Å². The largest absolute Gasteiger partial charge is 0.268 e. The van der Waals surface area contributed by atoms with Gasteiger partial charge in [0.15, 0.2) is 0 Å². The van der Waals surface area contributed by atoms with Gasteiger partial charge in [-0.15, -0.1) is 5.10 Å². The van der Waals surface area contributed by atoms with Crippen molar-refractivity contribution in [3.8, 4) is 0 Å². The quantitative estimate of drug-likeness (QED) is 0.705. The van der Waals surface area contributed by atoms with Gasteiger partial charge in [-0.2, -0.15) is 4.79 Å². The number of benzene rings is 1. The molecule has 0 bridgehead atoms. The van der Waals surface area contributed by atoms with E-state index in [0.29, 0.717) is 0 Å². The number of hydrogen-bond acceptors (Lipinski definition) is 3. The first kappa shape index (κ1) is 8.43. The number of nitrogens with one attached hydrogen (secondary N) is 1. The maximum atomic E-state index is 11.0. The molecule has 5 nitrogen and oxygen atoms in total. The molecule has 14 heavy (non-hydrogen) atoms. The lowest BCUT2D eigenvalue weighted by Gasteiger charge is -2.00. The van der Waals surface area contributed by atoms with Gasteiger partial charge in [-0.05, 0) is 23.4 Å². The molecule has 0 spiro atoms. The molecule has 2 rings (SSSR count). The van der Waals surface area contributed by atoms with Crippen LogP contribution in [0.2, 0.25) is 0 Å². The third kappa shape index (κ3) is 1.35. The van der Waals surface area contributed by atoms with E-state index in [1.165, 1.54) is 10.9 Å². The number of nitrogens with zero attached hydrogens (tertiary/aromatic N) is 3. The Labute approximate surface area is 80.0 Å². The van der Waals surface area contributed by atoms with E-state index in [2.05, 4.69) is 22.3 Å². The summed E-state index contributed by atoms with van der Waals surface area (Å²) in [7, 11) is 0. The van der Waals surface area contributed by atoms with Crippen LogP contribution in [0, 0.1) is 0 Å². The molecule has 0 atom stereocenters. The van der Waals surface area contributed by atoms with Crippen LogP contribution in [0.4, 0.5) is 0 Å². The first-order chi connectivity index (χ1) is 6.81. The molecule has 1 amide bonds. The zero-order valence-electron chi connectivity index (χ0n) is 7.34. The van der Waals surface area contributed by atoms with Crippen molar-refractivity contribution in [2.75, 3.05) is 5.43 Å². The Morgan fingerprint density at radius 2 is 2.29 bits per heavy atom. The fraction of sp³-hybridized carbons (Fsp3) is 0. The van der Waals surface area contributed by atoms with Crippen molar-refractivity contribution in [3.05, 3.63) is 36.9 Å². The molecule has 0 saturated carbocycles.